The molecule has 0 radical (unpaired) electrons. The Morgan fingerprint density at radius 1 is 1.17 bits per heavy atom. The van der Waals surface area contributed by atoms with Crippen molar-refractivity contribution < 1.29 is 4.74 Å². The van der Waals surface area contributed by atoms with Crippen LogP contribution >= 0.6 is 0 Å². The van der Waals surface area contributed by atoms with Crippen LogP contribution in [0.1, 0.15) is 59.3 Å². The third kappa shape index (κ3) is 3.96. The molecule has 0 aromatic rings. The zero-order chi connectivity index (χ0) is 13.0. The third-order valence-electron chi connectivity index (χ3n) is 5.02. The van der Waals surface area contributed by atoms with E-state index < -0.39 is 0 Å². The van der Waals surface area contributed by atoms with Crippen molar-refractivity contribution in [3.8, 4) is 0 Å². The molecule has 1 saturated carbocycles. The quantitative estimate of drug-likeness (QED) is 0.826. The van der Waals surface area contributed by atoms with Gasteiger partial charge in [-0.3, -0.25) is 0 Å². The second-order valence-electron chi connectivity index (χ2n) is 6.80. The highest BCUT2D eigenvalue weighted by Gasteiger charge is 2.26. The standard InChI is InChI=1S/C16H31NO/c1-12(2)16-10-15(8-9-18-16)17-11-14-7-5-4-6-13(14)3/h12-17H,4-11H2,1-3H3. The van der Waals surface area contributed by atoms with Gasteiger partial charge in [0.1, 0.15) is 0 Å². The summed E-state index contributed by atoms with van der Waals surface area (Å²) in [6.07, 6.45) is 8.65. The molecule has 2 aliphatic rings. The van der Waals surface area contributed by atoms with Crippen molar-refractivity contribution in [2.24, 2.45) is 17.8 Å². The first-order valence-corrected chi connectivity index (χ1v) is 8.01. The molecule has 2 heteroatoms. The number of hydrogen-bond acceptors (Lipinski definition) is 2. The van der Waals surface area contributed by atoms with Crippen LogP contribution in [0.4, 0.5) is 0 Å². The molecule has 0 aromatic carbocycles. The smallest absolute Gasteiger partial charge is 0.0612 e. The molecule has 18 heavy (non-hydrogen) atoms. The zero-order valence-electron chi connectivity index (χ0n) is 12.5. The molecule has 1 saturated heterocycles. The zero-order valence-corrected chi connectivity index (χ0v) is 12.5. The van der Waals surface area contributed by atoms with Crippen molar-refractivity contribution in [1.29, 1.82) is 0 Å². The number of ether oxygens (including phenoxy) is 1. The van der Waals surface area contributed by atoms with Crippen LogP contribution in [0.5, 0.6) is 0 Å². The van der Waals surface area contributed by atoms with Gasteiger partial charge in [0, 0.05) is 12.6 Å². The summed E-state index contributed by atoms with van der Waals surface area (Å²) in [7, 11) is 0. The number of nitrogens with one attached hydrogen (secondary N) is 1. The van der Waals surface area contributed by atoms with Crippen LogP contribution in [-0.2, 0) is 4.74 Å². The van der Waals surface area contributed by atoms with Crippen molar-refractivity contribution >= 4 is 0 Å². The predicted molar refractivity (Wildman–Crippen MR) is 76.7 cm³/mol. The van der Waals surface area contributed by atoms with Crippen LogP contribution in [0.15, 0.2) is 0 Å². The van der Waals surface area contributed by atoms with Gasteiger partial charge in [-0.1, -0.05) is 40.0 Å². The SMILES string of the molecule is CC(C)C1CC(NCC2CCCCC2C)CCO1. The van der Waals surface area contributed by atoms with Gasteiger partial charge in [0.15, 0.2) is 0 Å². The van der Waals surface area contributed by atoms with E-state index in [4.69, 9.17) is 4.74 Å². The van der Waals surface area contributed by atoms with Crippen molar-refractivity contribution in [1.82, 2.24) is 5.32 Å². The Morgan fingerprint density at radius 3 is 2.67 bits per heavy atom. The van der Waals surface area contributed by atoms with Crippen molar-refractivity contribution in [2.75, 3.05) is 13.2 Å². The fraction of sp³-hybridized carbons (Fsp3) is 1.00. The molecule has 1 aliphatic carbocycles. The average molecular weight is 253 g/mol. The fourth-order valence-electron chi connectivity index (χ4n) is 3.49. The minimum Gasteiger partial charge on any atom is -0.378 e. The summed E-state index contributed by atoms with van der Waals surface area (Å²) in [5, 5.41) is 3.83. The van der Waals surface area contributed by atoms with Crippen molar-refractivity contribution in [3.05, 3.63) is 0 Å². The second-order valence-corrected chi connectivity index (χ2v) is 6.80. The van der Waals surface area contributed by atoms with Crippen LogP contribution in [-0.4, -0.2) is 25.3 Å². The molecule has 4 atom stereocenters. The lowest BCUT2D eigenvalue weighted by Gasteiger charge is -2.35. The van der Waals surface area contributed by atoms with Gasteiger partial charge in [0.2, 0.25) is 0 Å². The maximum Gasteiger partial charge on any atom is 0.0612 e. The minimum atomic E-state index is 0.472. The van der Waals surface area contributed by atoms with E-state index in [2.05, 4.69) is 26.1 Å². The molecule has 2 fully saturated rings. The summed E-state index contributed by atoms with van der Waals surface area (Å²) < 4.78 is 5.84. The van der Waals surface area contributed by atoms with Crippen molar-refractivity contribution in [3.63, 3.8) is 0 Å². The van der Waals surface area contributed by atoms with Gasteiger partial charge in [-0.15, -0.1) is 0 Å². The minimum absolute atomic E-state index is 0.472. The van der Waals surface area contributed by atoms with Gasteiger partial charge < -0.3 is 10.1 Å². The molecule has 2 nitrogen and oxygen atoms in total. The maximum absolute atomic E-state index is 5.84. The monoisotopic (exact) mass is 253 g/mol. The van der Waals surface area contributed by atoms with Crippen molar-refractivity contribution in [2.45, 2.75) is 71.4 Å². The summed E-state index contributed by atoms with van der Waals surface area (Å²) in [5.74, 6) is 2.49. The number of rotatable bonds is 4. The van der Waals surface area contributed by atoms with E-state index in [0.29, 0.717) is 18.1 Å². The van der Waals surface area contributed by atoms with E-state index in [-0.39, 0.29) is 0 Å². The Balaban J connectivity index is 1.72. The molecular weight excluding hydrogens is 222 g/mol. The molecule has 0 amide bonds. The molecule has 0 bridgehead atoms. The van der Waals surface area contributed by atoms with E-state index in [1.165, 1.54) is 45.1 Å². The van der Waals surface area contributed by atoms with E-state index in [0.717, 1.165) is 18.4 Å². The average Bonchev–Trinajstić information content (AvgIpc) is 2.38. The molecule has 0 spiro atoms. The largest absolute Gasteiger partial charge is 0.378 e. The van der Waals surface area contributed by atoms with E-state index >= 15 is 0 Å². The van der Waals surface area contributed by atoms with Crippen LogP contribution in [0, 0.1) is 17.8 Å². The first-order valence-electron chi connectivity index (χ1n) is 8.01. The second kappa shape index (κ2) is 6.91. The van der Waals surface area contributed by atoms with Gasteiger partial charge in [0.25, 0.3) is 0 Å². The summed E-state index contributed by atoms with van der Waals surface area (Å²) in [6.45, 7) is 9.16. The fourth-order valence-corrected chi connectivity index (χ4v) is 3.49. The van der Waals surface area contributed by atoms with E-state index in [9.17, 15) is 0 Å². The molecule has 4 unspecified atom stereocenters. The van der Waals surface area contributed by atoms with Crippen LogP contribution in [0.3, 0.4) is 0 Å². The first kappa shape index (κ1) is 14.3. The lowest BCUT2D eigenvalue weighted by molar-refractivity contribution is -0.0252. The number of hydrogen-bond donors (Lipinski definition) is 1. The topological polar surface area (TPSA) is 21.3 Å². The molecular formula is C16H31NO. The third-order valence-corrected chi connectivity index (χ3v) is 5.02. The molecule has 0 aromatic heterocycles. The van der Waals surface area contributed by atoms with Gasteiger partial charge in [-0.2, -0.15) is 0 Å². The normalized spacial score (nSPS) is 38.0. The van der Waals surface area contributed by atoms with Crippen LogP contribution in [0.2, 0.25) is 0 Å². The highest BCUT2D eigenvalue weighted by Crippen LogP contribution is 2.29. The van der Waals surface area contributed by atoms with Gasteiger partial charge in [0.05, 0.1) is 6.10 Å². The molecule has 106 valence electrons. The molecule has 1 aliphatic heterocycles. The Bertz CT molecular complexity index is 241. The summed E-state index contributed by atoms with van der Waals surface area (Å²) in [6, 6.07) is 0.695. The lowest BCUT2D eigenvalue weighted by Crippen LogP contribution is -2.43. The highest BCUT2D eigenvalue weighted by molar-refractivity contribution is 4.81. The van der Waals surface area contributed by atoms with Crippen LogP contribution in [0.25, 0.3) is 0 Å². The van der Waals surface area contributed by atoms with Gasteiger partial charge >= 0.3 is 0 Å². The predicted octanol–water partition coefficient (Wildman–Crippen LogP) is 3.61. The van der Waals surface area contributed by atoms with E-state index in [1.54, 1.807) is 0 Å². The lowest BCUT2D eigenvalue weighted by atomic mass is 9.80. The maximum atomic E-state index is 5.84. The Kier molecular flexibility index (Phi) is 5.50. The van der Waals surface area contributed by atoms with Gasteiger partial charge in [-0.05, 0) is 43.6 Å². The Hall–Kier alpha value is -0.0800. The van der Waals surface area contributed by atoms with Crippen LogP contribution < -0.4 is 5.32 Å². The highest BCUT2D eigenvalue weighted by atomic mass is 16.5. The summed E-state index contributed by atoms with van der Waals surface area (Å²) in [4.78, 5) is 0. The Morgan fingerprint density at radius 2 is 1.94 bits per heavy atom. The van der Waals surface area contributed by atoms with E-state index in [1.807, 2.05) is 0 Å². The Labute approximate surface area is 113 Å². The first-order chi connectivity index (χ1) is 8.66. The van der Waals surface area contributed by atoms with Gasteiger partial charge in [-0.25, -0.2) is 0 Å². The molecule has 2 rings (SSSR count). The molecule has 1 heterocycles. The summed E-state index contributed by atoms with van der Waals surface area (Å²) in [5.41, 5.74) is 0. The molecule has 1 N–H and O–H groups in total. The summed E-state index contributed by atoms with van der Waals surface area (Å²) >= 11 is 0.